The Kier molecular flexibility index (Phi) is 8.28. The lowest BCUT2D eigenvalue weighted by atomic mass is 9.99. The Morgan fingerprint density at radius 1 is 0.892 bits per heavy atom. The molecular weight excluding hydrogens is 481 g/mol. The quantitative estimate of drug-likeness (QED) is 0.282. The number of carbonyl (C=O) groups excluding carboxylic acids is 2. The predicted octanol–water partition coefficient (Wildman–Crippen LogP) is 6.02. The number of nitrogens with one attached hydrogen (secondary N) is 1. The molecule has 0 radical (unpaired) electrons. The number of ether oxygens (including phenoxy) is 1. The van der Waals surface area contributed by atoms with E-state index in [9.17, 15) is 22.8 Å². The molecule has 1 N–H and O–H groups in total. The Bertz CT molecular complexity index is 1240. The lowest BCUT2D eigenvalue weighted by molar-refractivity contribution is -0.274. The van der Waals surface area contributed by atoms with Crippen LogP contribution in [0.2, 0.25) is 0 Å². The highest BCUT2D eigenvalue weighted by molar-refractivity contribution is 5.95. The van der Waals surface area contributed by atoms with E-state index in [-0.39, 0.29) is 17.4 Å². The topological polar surface area (TPSA) is 58.6 Å². The molecule has 3 aromatic carbocycles. The van der Waals surface area contributed by atoms with Gasteiger partial charge in [-0.25, -0.2) is 0 Å². The Balaban J connectivity index is 1.19. The molecule has 0 spiro atoms. The molecular formula is C29H29F3N2O3. The van der Waals surface area contributed by atoms with Gasteiger partial charge in [0.15, 0.2) is 5.78 Å². The number of fused-ring (bicyclic) bond motifs is 1. The van der Waals surface area contributed by atoms with Gasteiger partial charge in [0.1, 0.15) is 5.75 Å². The van der Waals surface area contributed by atoms with Gasteiger partial charge in [0, 0.05) is 30.8 Å². The Hall–Kier alpha value is -3.65. The monoisotopic (exact) mass is 510 g/mol. The second-order valence-corrected chi connectivity index (χ2v) is 9.18. The van der Waals surface area contributed by atoms with Gasteiger partial charge in [-0.2, -0.15) is 0 Å². The molecule has 0 bridgehead atoms. The van der Waals surface area contributed by atoms with Crippen molar-refractivity contribution in [2.45, 2.75) is 39.1 Å². The molecule has 1 heterocycles. The van der Waals surface area contributed by atoms with Crippen LogP contribution < -0.4 is 10.1 Å². The maximum Gasteiger partial charge on any atom is 0.573 e. The van der Waals surface area contributed by atoms with Crippen LogP contribution >= 0.6 is 0 Å². The normalized spacial score (nSPS) is 13.6. The van der Waals surface area contributed by atoms with Crippen LogP contribution in [0.25, 0.3) is 11.1 Å². The first-order valence-electron chi connectivity index (χ1n) is 12.3. The summed E-state index contributed by atoms with van der Waals surface area (Å²) in [6.45, 7) is 4.31. The molecule has 1 aliphatic heterocycles. The molecule has 4 rings (SSSR count). The highest BCUT2D eigenvalue weighted by atomic mass is 19.4. The molecule has 194 valence electrons. The van der Waals surface area contributed by atoms with E-state index in [2.05, 4.69) is 15.0 Å². The molecule has 0 fully saturated rings. The number of ketones is 1. The summed E-state index contributed by atoms with van der Waals surface area (Å²) in [6, 6.07) is 19.3. The van der Waals surface area contributed by atoms with Gasteiger partial charge in [-0.1, -0.05) is 42.5 Å². The average molecular weight is 511 g/mol. The van der Waals surface area contributed by atoms with Crippen LogP contribution in [0, 0.1) is 0 Å². The summed E-state index contributed by atoms with van der Waals surface area (Å²) in [5.41, 5.74) is 5.09. The summed E-state index contributed by atoms with van der Waals surface area (Å²) >= 11 is 0. The summed E-state index contributed by atoms with van der Waals surface area (Å²) in [5, 5.41) is 2.94. The molecule has 1 aliphatic rings. The van der Waals surface area contributed by atoms with E-state index in [0.717, 1.165) is 54.6 Å². The average Bonchev–Trinajstić information content (AvgIpc) is 2.87. The minimum absolute atomic E-state index is 0.0216. The van der Waals surface area contributed by atoms with Crippen molar-refractivity contribution in [3.8, 4) is 16.9 Å². The molecule has 0 saturated heterocycles. The van der Waals surface area contributed by atoms with Gasteiger partial charge in [-0.15, -0.1) is 13.2 Å². The first-order chi connectivity index (χ1) is 17.7. The summed E-state index contributed by atoms with van der Waals surface area (Å²) in [5.74, 6) is -0.300. The SMILES string of the molecule is CC(=O)c1ccc(-c2ccc(C(=O)NCCCCN3CCc4ccc(OC(F)(F)F)cc4C3)cc2)cc1. The van der Waals surface area contributed by atoms with Gasteiger partial charge in [-0.3, -0.25) is 14.5 Å². The minimum atomic E-state index is -4.70. The Morgan fingerprint density at radius 2 is 1.54 bits per heavy atom. The van der Waals surface area contributed by atoms with E-state index in [1.165, 1.54) is 19.1 Å². The second-order valence-electron chi connectivity index (χ2n) is 9.18. The first kappa shape index (κ1) is 26.4. The summed E-state index contributed by atoms with van der Waals surface area (Å²) in [6.07, 6.45) is -2.25. The van der Waals surface area contributed by atoms with Gasteiger partial charge >= 0.3 is 6.36 Å². The van der Waals surface area contributed by atoms with Crippen LogP contribution in [-0.4, -0.2) is 42.6 Å². The van der Waals surface area contributed by atoms with E-state index in [0.29, 0.717) is 24.2 Å². The molecule has 0 saturated carbocycles. The molecule has 0 aromatic heterocycles. The summed E-state index contributed by atoms with van der Waals surface area (Å²) in [7, 11) is 0. The number of rotatable bonds is 9. The largest absolute Gasteiger partial charge is 0.573 e. The van der Waals surface area contributed by atoms with Crippen LogP contribution in [0.1, 0.15) is 51.6 Å². The molecule has 5 nitrogen and oxygen atoms in total. The maximum absolute atomic E-state index is 12.5. The van der Waals surface area contributed by atoms with Crippen molar-refractivity contribution < 1.29 is 27.5 Å². The number of benzene rings is 3. The van der Waals surface area contributed by atoms with Crippen molar-refractivity contribution >= 4 is 11.7 Å². The van der Waals surface area contributed by atoms with E-state index in [4.69, 9.17) is 0 Å². The zero-order valence-electron chi connectivity index (χ0n) is 20.6. The third kappa shape index (κ3) is 7.43. The smallest absolute Gasteiger partial charge is 0.406 e. The zero-order chi connectivity index (χ0) is 26.4. The van der Waals surface area contributed by atoms with Crippen LogP contribution in [0.3, 0.4) is 0 Å². The fraction of sp³-hybridized carbons (Fsp3) is 0.310. The first-order valence-corrected chi connectivity index (χ1v) is 12.3. The van der Waals surface area contributed by atoms with Gasteiger partial charge in [-0.05, 0) is 79.3 Å². The fourth-order valence-electron chi connectivity index (χ4n) is 4.46. The number of halogens is 3. The van der Waals surface area contributed by atoms with Crippen molar-refractivity contribution in [3.63, 3.8) is 0 Å². The van der Waals surface area contributed by atoms with Gasteiger partial charge in [0.2, 0.25) is 0 Å². The minimum Gasteiger partial charge on any atom is -0.406 e. The van der Waals surface area contributed by atoms with E-state index in [1.807, 2.05) is 24.3 Å². The number of amides is 1. The number of hydrogen-bond donors (Lipinski definition) is 1. The molecule has 0 unspecified atom stereocenters. The van der Waals surface area contributed by atoms with Crippen LogP contribution in [0.4, 0.5) is 13.2 Å². The number of hydrogen-bond acceptors (Lipinski definition) is 4. The van der Waals surface area contributed by atoms with Gasteiger partial charge < -0.3 is 10.1 Å². The van der Waals surface area contributed by atoms with Crippen LogP contribution in [-0.2, 0) is 13.0 Å². The zero-order valence-corrected chi connectivity index (χ0v) is 20.6. The number of carbonyl (C=O) groups is 2. The van der Waals surface area contributed by atoms with Crippen molar-refractivity contribution in [2.24, 2.45) is 0 Å². The number of Topliss-reactive ketones (excluding diaryl/α,β-unsaturated/α-hetero) is 1. The lowest BCUT2D eigenvalue weighted by Crippen LogP contribution is -2.32. The van der Waals surface area contributed by atoms with Crippen molar-refractivity contribution in [2.75, 3.05) is 19.6 Å². The molecule has 37 heavy (non-hydrogen) atoms. The molecule has 8 heteroatoms. The van der Waals surface area contributed by atoms with E-state index in [1.54, 1.807) is 30.3 Å². The van der Waals surface area contributed by atoms with E-state index >= 15 is 0 Å². The Morgan fingerprint density at radius 3 is 2.16 bits per heavy atom. The van der Waals surface area contributed by atoms with Crippen LogP contribution in [0.5, 0.6) is 5.75 Å². The second kappa shape index (κ2) is 11.6. The van der Waals surface area contributed by atoms with Gasteiger partial charge in [0.05, 0.1) is 0 Å². The third-order valence-electron chi connectivity index (χ3n) is 6.46. The standard InChI is InChI=1S/C29H29F3N2O3/c1-20(35)21-4-6-22(7-5-21)23-8-10-25(11-9-23)28(36)33-15-2-3-16-34-17-14-24-12-13-27(18-26(24)19-34)37-29(30,31)32/h4-13,18H,2-3,14-17,19H2,1H3,(H,33,36). The third-order valence-corrected chi connectivity index (χ3v) is 6.46. The highest BCUT2D eigenvalue weighted by Crippen LogP contribution is 2.28. The fourth-order valence-corrected chi connectivity index (χ4v) is 4.46. The molecule has 1 amide bonds. The van der Waals surface area contributed by atoms with Crippen molar-refractivity contribution in [3.05, 3.63) is 89.0 Å². The van der Waals surface area contributed by atoms with Crippen molar-refractivity contribution in [1.29, 1.82) is 0 Å². The number of alkyl halides is 3. The number of nitrogens with zero attached hydrogens (tertiary/aromatic N) is 1. The van der Waals surface area contributed by atoms with E-state index < -0.39 is 6.36 Å². The maximum atomic E-state index is 12.5. The lowest BCUT2D eigenvalue weighted by Gasteiger charge is -2.29. The van der Waals surface area contributed by atoms with Crippen molar-refractivity contribution in [1.82, 2.24) is 10.2 Å². The Labute approximate surface area is 214 Å². The summed E-state index contributed by atoms with van der Waals surface area (Å²) < 4.78 is 41.6. The molecule has 0 aliphatic carbocycles. The van der Waals surface area contributed by atoms with Crippen LogP contribution in [0.15, 0.2) is 66.7 Å². The number of unbranched alkanes of at least 4 members (excludes halogenated alkanes) is 1. The predicted molar refractivity (Wildman–Crippen MR) is 136 cm³/mol. The molecule has 0 atom stereocenters. The van der Waals surface area contributed by atoms with Gasteiger partial charge in [0.25, 0.3) is 5.91 Å². The highest BCUT2D eigenvalue weighted by Gasteiger charge is 2.31. The molecule has 3 aromatic rings. The summed E-state index contributed by atoms with van der Waals surface area (Å²) in [4.78, 5) is 26.1.